The molecule has 16 heavy (non-hydrogen) atoms. The highest BCUT2D eigenvalue weighted by Gasteiger charge is 2.17. The predicted octanol–water partition coefficient (Wildman–Crippen LogP) is 3.64. The normalized spacial score (nSPS) is 18.0. The van der Waals surface area contributed by atoms with Crippen LogP contribution in [0.5, 0.6) is 5.75 Å². The lowest BCUT2D eigenvalue weighted by Crippen LogP contribution is -1.98. The van der Waals surface area contributed by atoms with Gasteiger partial charge in [0.05, 0.1) is 0 Å². The van der Waals surface area contributed by atoms with Gasteiger partial charge in [-0.1, -0.05) is 25.7 Å². The fraction of sp³-hybridized carbons (Fsp3) is 0.500. The minimum absolute atomic E-state index is 0.345. The van der Waals surface area contributed by atoms with Crippen molar-refractivity contribution < 1.29 is 9.90 Å². The van der Waals surface area contributed by atoms with Gasteiger partial charge in [-0.15, -0.1) is 0 Å². The summed E-state index contributed by atoms with van der Waals surface area (Å²) in [5.41, 5.74) is 1.63. The molecule has 0 saturated heterocycles. The molecule has 1 aromatic carbocycles. The van der Waals surface area contributed by atoms with Crippen molar-refractivity contribution in [1.29, 1.82) is 0 Å². The van der Waals surface area contributed by atoms with Crippen molar-refractivity contribution >= 4 is 6.29 Å². The molecule has 0 atom stereocenters. The molecule has 1 aliphatic rings. The summed E-state index contributed by atoms with van der Waals surface area (Å²) in [7, 11) is 0. The van der Waals surface area contributed by atoms with E-state index in [-0.39, 0.29) is 0 Å². The predicted molar refractivity (Wildman–Crippen MR) is 63.9 cm³/mol. The number of hydrogen-bond donors (Lipinski definition) is 1. The first-order valence-corrected chi connectivity index (χ1v) is 6.09. The number of benzene rings is 1. The smallest absolute Gasteiger partial charge is 0.150 e. The minimum Gasteiger partial charge on any atom is -0.508 e. The minimum atomic E-state index is 0.345. The van der Waals surface area contributed by atoms with E-state index in [0.29, 0.717) is 17.2 Å². The SMILES string of the molecule is O=Cc1ccc(O)c(C2CCCCCC2)c1. The van der Waals surface area contributed by atoms with Gasteiger partial charge < -0.3 is 5.11 Å². The molecule has 1 aliphatic carbocycles. The number of hydrogen-bond acceptors (Lipinski definition) is 2. The summed E-state index contributed by atoms with van der Waals surface area (Å²) in [6.45, 7) is 0. The van der Waals surface area contributed by atoms with Crippen molar-refractivity contribution in [3.05, 3.63) is 29.3 Å². The Balaban J connectivity index is 2.26. The van der Waals surface area contributed by atoms with Gasteiger partial charge in [-0.3, -0.25) is 4.79 Å². The van der Waals surface area contributed by atoms with Gasteiger partial charge in [-0.2, -0.15) is 0 Å². The summed E-state index contributed by atoms with van der Waals surface area (Å²) in [5, 5.41) is 9.86. The second kappa shape index (κ2) is 5.15. The Morgan fingerprint density at radius 3 is 2.44 bits per heavy atom. The number of rotatable bonds is 2. The van der Waals surface area contributed by atoms with E-state index in [1.165, 1.54) is 25.7 Å². The van der Waals surface area contributed by atoms with Gasteiger partial charge in [0.1, 0.15) is 12.0 Å². The first-order valence-electron chi connectivity index (χ1n) is 6.09. The van der Waals surface area contributed by atoms with Crippen molar-refractivity contribution in [2.24, 2.45) is 0 Å². The van der Waals surface area contributed by atoms with Crippen LogP contribution in [0.3, 0.4) is 0 Å². The summed E-state index contributed by atoms with van der Waals surface area (Å²) in [6, 6.07) is 5.16. The molecule has 0 bridgehead atoms. The lowest BCUT2D eigenvalue weighted by molar-refractivity contribution is 0.112. The highest BCUT2D eigenvalue weighted by atomic mass is 16.3. The van der Waals surface area contributed by atoms with Crippen LogP contribution in [0.2, 0.25) is 0 Å². The van der Waals surface area contributed by atoms with Crippen LogP contribution in [-0.2, 0) is 0 Å². The maximum absolute atomic E-state index is 10.7. The average molecular weight is 218 g/mol. The van der Waals surface area contributed by atoms with Crippen LogP contribution >= 0.6 is 0 Å². The maximum Gasteiger partial charge on any atom is 0.150 e. The second-order valence-electron chi connectivity index (χ2n) is 4.62. The van der Waals surface area contributed by atoms with Crippen LogP contribution in [0.1, 0.15) is 60.4 Å². The van der Waals surface area contributed by atoms with E-state index in [2.05, 4.69) is 0 Å². The third-order valence-electron chi connectivity index (χ3n) is 3.48. The number of aromatic hydroxyl groups is 1. The van der Waals surface area contributed by atoms with Gasteiger partial charge in [0.15, 0.2) is 0 Å². The number of carbonyl (C=O) groups excluding carboxylic acids is 1. The molecule has 2 nitrogen and oxygen atoms in total. The molecule has 1 N–H and O–H groups in total. The third-order valence-corrected chi connectivity index (χ3v) is 3.48. The first-order chi connectivity index (χ1) is 7.81. The van der Waals surface area contributed by atoms with Gasteiger partial charge >= 0.3 is 0 Å². The monoisotopic (exact) mass is 218 g/mol. The summed E-state index contributed by atoms with van der Waals surface area (Å²) >= 11 is 0. The molecule has 0 radical (unpaired) electrons. The van der Waals surface area contributed by atoms with E-state index in [1.807, 2.05) is 6.07 Å². The second-order valence-corrected chi connectivity index (χ2v) is 4.62. The zero-order valence-corrected chi connectivity index (χ0v) is 9.48. The van der Waals surface area contributed by atoms with E-state index in [1.54, 1.807) is 12.1 Å². The van der Waals surface area contributed by atoms with Crippen LogP contribution in [0.4, 0.5) is 0 Å². The summed E-state index contributed by atoms with van der Waals surface area (Å²) in [6.07, 6.45) is 8.17. The molecule has 0 unspecified atom stereocenters. The molecule has 0 spiro atoms. The zero-order valence-electron chi connectivity index (χ0n) is 9.48. The molecular weight excluding hydrogens is 200 g/mol. The third kappa shape index (κ3) is 2.43. The Bertz CT molecular complexity index is 363. The molecule has 0 aromatic heterocycles. The lowest BCUT2D eigenvalue weighted by atomic mass is 9.90. The Morgan fingerprint density at radius 2 is 1.81 bits per heavy atom. The fourth-order valence-corrected chi connectivity index (χ4v) is 2.56. The first kappa shape index (κ1) is 11.2. The van der Waals surface area contributed by atoms with Crippen molar-refractivity contribution in [2.75, 3.05) is 0 Å². The van der Waals surface area contributed by atoms with Crippen LogP contribution < -0.4 is 0 Å². The van der Waals surface area contributed by atoms with Crippen LogP contribution in [-0.4, -0.2) is 11.4 Å². The maximum atomic E-state index is 10.7. The summed E-state index contributed by atoms with van der Waals surface area (Å²) < 4.78 is 0. The van der Waals surface area contributed by atoms with Crippen molar-refractivity contribution in [1.82, 2.24) is 0 Å². The molecule has 86 valence electrons. The van der Waals surface area contributed by atoms with Gasteiger partial charge in [-0.25, -0.2) is 0 Å². The number of phenols is 1. The quantitative estimate of drug-likeness (QED) is 0.607. The number of phenolic OH excluding ortho intramolecular Hbond substituents is 1. The van der Waals surface area contributed by atoms with Crippen molar-refractivity contribution in [2.45, 2.75) is 44.4 Å². The Hall–Kier alpha value is -1.31. The van der Waals surface area contributed by atoms with Crippen LogP contribution in [0.25, 0.3) is 0 Å². The van der Waals surface area contributed by atoms with Crippen LogP contribution in [0, 0.1) is 0 Å². The van der Waals surface area contributed by atoms with E-state index in [0.717, 1.165) is 24.7 Å². The molecule has 0 heterocycles. The fourth-order valence-electron chi connectivity index (χ4n) is 2.56. The number of aldehydes is 1. The average Bonchev–Trinajstić information content (AvgIpc) is 2.58. The number of carbonyl (C=O) groups is 1. The molecule has 2 heteroatoms. The highest BCUT2D eigenvalue weighted by molar-refractivity contribution is 5.75. The largest absolute Gasteiger partial charge is 0.508 e. The molecule has 0 aliphatic heterocycles. The molecule has 1 fully saturated rings. The van der Waals surface area contributed by atoms with Gasteiger partial charge in [0, 0.05) is 5.56 Å². The Labute approximate surface area is 96.3 Å². The molecule has 0 amide bonds. The molecule has 1 saturated carbocycles. The van der Waals surface area contributed by atoms with E-state index < -0.39 is 0 Å². The lowest BCUT2D eigenvalue weighted by Gasteiger charge is -2.16. The highest BCUT2D eigenvalue weighted by Crippen LogP contribution is 2.36. The Morgan fingerprint density at radius 1 is 1.12 bits per heavy atom. The Kier molecular flexibility index (Phi) is 3.60. The molecule has 1 aromatic rings. The van der Waals surface area contributed by atoms with Crippen molar-refractivity contribution in [3.8, 4) is 5.75 Å². The van der Waals surface area contributed by atoms with E-state index >= 15 is 0 Å². The topological polar surface area (TPSA) is 37.3 Å². The molecule has 2 rings (SSSR count). The summed E-state index contributed by atoms with van der Waals surface area (Å²) in [4.78, 5) is 10.7. The van der Waals surface area contributed by atoms with Crippen LogP contribution in [0.15, 0.2) is 18.2 Å². The van der Waals surface area contributed by atoms with E-state index in [9.17, 15) is 9.90 Å². The van der Waals surface area contributed by atoms with Crippen molar-refractivity contribution in [3.63, 3.8) is 0 Å². The zero-order chi connectivity index (χ0) is 11.4. The standard InChI is InChI=1S/C14H18O2/c15-10-11-7-8-14(16)13(9-11)12-5-3-1-2-4-6-12/h7-10,12,16H,1-6H2. The van der Waals surface area contributed by atoms with E-state index in [4.69, 9.17) is 0 Å². The molecular formula is C14H18O2. The van der Waals surface area contributed by atoms with Gasteiger partial charge in [-0.05, 0) is 42.5 Å². The van der Waals surface area contributed by atoms with Gasteiger partial charge in [0.25, 0.3) is 0 Å². The van der Waals surface area contributed by atoms with Gasteiger partial charge in [0.2, 0.25) is 0 Å². The summed E-state index contributed by atoms with van der Waals surface area (Å²) in [5.74, 6) is 0.778.